The van der Waals surface area contributed by atoms with E-state index >= 15 is 0 Å². The van der Waals surface area contributed by atoms with Crippen LogP contribution in [-0.2, 0) is 0 Å². The number of rotatable bonds is 5. The van der Waals surface area contributed by atoms with Gasteiger partial charge in [0, 0.05) is 16.3 Å². The highest BCUT2D eigenvalue weighted by Gasteiger charge is 2.25. The normalized spacial score (nSPS) is 15.5. The first-order valence-corrected chi connectivity index (χ1v) is 20.4. The van der Waals surface area contributed by atoms with Crippen molar-refractivity contribution in [3.05, 3.63) is 205 Å². The molecule has 0 amide bonds. The third kappa shape index (κ3) is 5.67. The summed E-state index contributed by atoms with van der Waals surface area (Å²) in [6.45, 7) is 0. The summed E-state index contributed by atoms with van der Waals surface area (Å²) >= 11 is 0. The van der Waals surface area contributed by atoms with Crippen LogP contribution in [0.3, 0.4) is 0 Å². The van der Waals surface area contributed by atoms with Gasteiger partial charge in [-0.15, -0.1) is 0 Å². The number of hydrogen-bond donors (Lipinski definition) is 1. The molecule has 0 spiro atoms. The van der Waals surface area contributed by atoms with Crippen LogP contribution in [0.25, 0.3) is 87.3 Å². The fourth-order valence-electron chi connectivity index (χ4n) is 9.23. The van der Waals surface area contributed by atoms with Crippen LogP contribution in [0, 0.1) is 0 Å². The van der Waals surface area contributed by atoms with E-state index in [1.54, 1.807) is 0 Å². The van der Waals surface area contributed by atoms with Gasteiger partial charge in [0.05, 0.1) is 0 Å². The first-order valence-electron chi connectivity index (χ1n) is 20.4. The van der Waals surface area contributed by atoms with Crippen molar-refractivity contribution >= 4 is 76.7 Å². The van der Waals surface area contributed by atoms with Gasteiger partial charge in [-0.2, -0.15) is 0 Å². The molecule has 0 radical (unpaired) electrons. The molecule has 0 bridgehead atoms. The standard InChI is InChI=1S/C55H37N3O/c1-2-13-36(14-3-1)53-56-54(37-25-22-35(23-26-37)39-27-24-34-12-4-5-15-38(34)30-39)58-55(57-53)41-32-48(52-47-20-10-11-21-50(47)59-51(52)33-41)40-28-29-46-44-18-7-6-16-42(44)43-17-8-9-19-45(43)49(46)31-40/h1-2,4-13,15-33,54H,3,14H2,(H,56,57,58). The average Bonchev–Trinajstić information content (AvgIpc) is 3.70. The molecule has 1 atom stereocenters. The maximum Gasteiger partial charge on any atom is 0.159 e. The van der Waals surface area contributed by atoms with E-state index < -0.39 is 0 Å². The number of nitrogens with zero attached hydrogens (tertiary/aromatic N) is 2. The summed E-state index contributed by atoms with van der Waals surface area (Å²) in [5.74, 6) is 1.54. The zero-order valence-corrected chi connectivity index (χ0v) is 32.2. The summed E-state index contributed by atoms with van der Waals surface area (Å²) in [4.78, 5) is 10.6. The van der Waals surface area contributed by atoms with Crippen LogP contribution in [0.4, 0.5) is 0 Å². The molecule has 10 aromatic rings. The average molecular weight is 756 g/mol. The molecule has 1 aliphatic carbocycles. The second-order valence-corrected chi connectivity index (χ2v) is 15.6. The highest BCUT2D eigenvalue weighted by Crippen LogP contribution is 2.42. The highest BCUT2D eigenvalue weighted by molar-refractivity contribution is 6.26. The number of amidine groups is 2. The summed E-state index contributed by atoms with van der Waals surface area (Å²) in [5.41, 5.74) is 9.42. The second-order valence-electron chi connectivity index (χ2n) is 15.6. The van der Waals surface area contributed by atoms with Crippen molar-refractivity contribution in [1.82, 2.24) is 5.32 Å². The largest absolute Gasteiger partial charge is 0.456 e. The third-order valence-corrected chi connectivity index (χ3v) is 12.2. The SMILES string of the molecule is C1=CCCC(C2=NC(c3cc(-c4ccc5c6ccccc6c6ccccc6c5c4)c4c(c3)oc3ccccc34)=NC(c3ccc(-c4ccc5ccccc5c4)cc3)N2)=C1. The lowest BCUT2D eigenvalue weighted by Crippen LogP contribution is -2.34. The lowest BCUT2D eigenvalue weighted by molar-refractivity contribution is 0.667. The minimum Gasteiger partial charge on any atom is -0.456 e. The molecule has 1 N–H and O–H groups in total. The van der Waals surface area contributed by atoms with Crippen LogP contribution in [0.5, 0.6) is 0 Å². The van der Waals surface area contributed by atoms with Gasteiger partial charge in [0.25, 0.3) is 0 Å². The Morgan fingerprint density at radius 1 is 0.508 bits per heavy atom. The number of fused-ring (bicyclic) bond motifs is 10. The highest BCUT2D eigenvalue weighted by atomic mass is 16.3. The fraction of sp³-hybridized carbons (Fsp3) is 0.0545. The maximum absolute atomic E-state index is 6.66. The maximum atomic E-state index is 6.66. The first-order chi connectivity index (χ1) is 29.2. The Morgan fingerprint density at radius 3 is 1.93 bits per heavy atom. The molecule has 2 heterocycles. The zero-order chi connectivity index (χ0) is 38.9. The lowest BCUT2D eigenvalue weighted by Gasteiger charge is -2.25. The Morgan fingerprint density at radius 2 is 1.17 bits per heavy atom. The van der Waals surface area contributed by atoms with Crippen molar-refractivity contribution in [2.24, 2.45) is 9.98 Å². The Bertz CT molecular complexity index is 3440. The van der Waals surface area contributed by atoms with Crippen LogP contribution in [0.15, 0.2) is 208 Å². The van der Waals surface area contributed by atoms with Gasteiger partial charge in [0.1, 0.15) is 23.2 Å². The molecule has 278 valence electrons. The van der Waals surface area contributed by atoms with E-state index in [4.69, 9.17) is 14.4 Å². The van der Waals surface area contributed by atoms with E-state index in [0.29, 0.717) is 5.84 Å². The molecule has 0 fully saturated rings. The molecule has 1 unspecified atom stereocenters. The van der Waals surface area contributed by atoms with Gasteiger partial charge >= 0.3 is 0 Å². The Kier molecular flexibility index (Phi) is 7.70. The van der Waals surface area contributed by atoms with Gasteiger partial charge < -0.3 is 9.73 Å². The van der Waals surface area contributed by atoms with E-state index in [1.165, 1.54) is 59.8 Å². The van der Waals surface area contributed by atoms with Crippen molar-refractivity contribution in [2.45, 2.75) is 19.0 Å². The molecule has 12 rings (SSSR count). The predicted molar refractivity (Wildman–Crippen MR) is 247 cm³/mol. The Labute approximate surface area is 341 Å². The monoisotopic (exact) mass is 755 g/mol. The van der Waals surface area contributed by atoms with Crippen LogP contribution in [0.1, 0.15) is 30.1 Å². The fourth-order valence-corrected chi connectivity index (χ4v) is 9.23. The molecule has 2 aliphatic rings. The molecular weight excluding hydrogens is 719 g/mol. The summed E-state index contributed by atoms with van der Waals surface area (Å²) in [6, 6.07) is 61.1. The van der Waals surface area contributed by atoms with Gasteiger partial charge in [-0.3, -0.25) is 0 Å². The number of aliphatic imine (C=N–C) groups is 2. The van der Waals surface area contributed by atoms with Gasteiger partial charge in [-0.1, -0.05) is 158 Å². The van der Waals surface area contributed by atoms with Crippen LogP contribution >= 0.6 is 0 Å². The van der Waals surface area contributed by atoms with Crippen molar-refractivity contribution in [2.75, 3.05) is 0 Å². The molecule has 4 nitrogen and oxygen atoms in total. The van der Waals surface area contributed by atoms with Crippen molar-refractivity contribution in [3.63, 3.8) is 0 Å². The smallest absolute Gasteiger partial charge is 0.159 e. The van der Waals surface area contributed by atoms with Gasteiger partial charge in [-0.05, 0) is 120 Å². The van der Waals surface area contributed by atoms with E-state index in [9.17, 15) is 0 Å². The number of para-hydroxylation sites is 1. The summed E-state index contributed by atoms with van der Waals surface area (Å²) in [5, 5.41) is 15.9. The molecule has 0 saturated heterocycles. The van der Waals surface area contributed by atoms with Crippen molar-refractivity contribution < 1.29 is 4.42 Å². The number of hydrogen-bond acceptors (Lipinski definition) is 4. The molecule has 4 heteroatoms. The Balaban J connectivity index is 1.03. The summed E-state index contributed by atoms with van der Waals surface area (Å²) in [7, 11) is 0. The van der Waals surface area contributed by atoms with Crippen LogP contribution in [-0.4, -0.2) is 11.7 Å². The molecule has 9 aromatic carbocycles. The summed E-state index contributed by atoms with van der Waals surface area (Å²) < 4.78 is 6.66. The molecule has 59 heavy (non-hydrogen) atoms. The summed E-state index contributed by atoms with van der Waals surface area (Å²) in [6.07, 6.45) is 8.08. The van der Waals surface area contributed by atoms with E-state index in [2.05, 4.69) is 187 Å². The number of allylic oxidation sites excluding steroid dienone is 3. The van der Waals surface area contributed by atoms with E-state index in [-0.39, 0.29) is 6.17 Å². The van der Waals surface area contributed by atoms with E-state index in [0.717, 1.165) is 62.9 Å². The quantitative estimate of drug-likeness (QED) is 0.178. The van der Waals surface area contributed by atoms with E-state index in [1.807, 2.05) is 6.07 Å². The molecular formula is C55H37N3O. The number of nitrogens with one attached hydrogen (secondary N) is 1. The topological polar surface area (TPSA) is 49.9 Å². The number of benzene rings is 9. The number of furan rings is 1. The predicted octanol–water partition coefficient (Wildman–Crippen LogP) is 14.3. The van der Waals surface area contributed by atoms with Crippen LogP contribution in [0.2, 0.25) is 0 Å². The Hall–Kier alpha value is -7.56. The van der Waals surface area contributed by atoms with Gasteiger partial charge in [-0.25, -0.2) is 9.98 Å². The molecule has 0 saturated carbocycles. The van der Waals surface area contributed by atoms with Crippen molar-refractivity contribution in [3.8, 4) is 22.3 Å². The first kappa shape index (κ1) is 33.6. The second kappa shape index (κ2) is 13.5. The van der Waals surface area contributed by atoms with Gasteiger partial charge in [0.2, 0.25) is 0 Å². The minimum atomic E-state index is -0.329. The van der Waals surface area contributed by atoms with Crippen LogP contribution < -0.4 is 5.32 Å². The third-order valence-electron chi connectivity index (χ3n) is 12.2. The molecule has 1 aromatic heterocycles. The van der Waals surface area contributed by atoms with Crippen molar-refractivity contribution in [1.29, 1.82) is 0 Å². The zero-order valence-electron chi connectivity index (χ0n) is 32.2. The minimum absolute atomic E-state index is 0.329. The van der Waals surface area contributed by atoms with Gasteiger partial charge in [0.15, 0.2) is 5.84 Å². The molecule has 1 aliphatic heterocycles. The lowest BCUT2D eigenvalue weighted by atomic mass is 9.90.